The number of likely N-dealkylation sites (tertiary alicyclic amines) is 1. The molecule has 0 spiro atoms. The molecular formula is C12H13Cl2NO. The van der Waals surface area contributed by atoms with Crippen LogP contribution in [0.3, 0.4) is 0 Å². The summed E-state index contributed by atoms with van der Waals surface area (Å²) in [6.45, 7) is 3.23. The predicted octanol–water partition coefficient (Wildman–Crippen LogP) is 3.10. The SMILES string of the molecule is Cc1cccc(C(=O)N2CCC(Cl)C2)c1Cl. The maximum absolute atomic E-state index is 12.1. The molecule has 4 heteroatoms. The van der Waals surface area contributed by atoms with Gasteiger partial charge in [-0.3, -0.25) is 4.79 Å². The average molecular weight is 258 g/mol. The molecule has 86 valence electrons. The molecule has 0 radical (unpaired) electrons. The number of alkyl halides is 1. The summed E-state index contributed by atoms with van der Waals surface area (Å²) in [5.74, 6) is -0.0168. The van der Waals surface area contributed by atoms with Crippen LogP contribution in [-0.2, 0) is 0 Å². The molecule has 0 bridgehead atoms. The third kappa shape index (κ3) is 2.18. The molecule has 16 heavy (non-hydrogen) atoms. The van der Waals surface area contributed by atoms with E-state index in [1.54, 1.807) is 11.0 Å². The highest BCUT2D eigenvalue weighted by atomic mass is 35.5. The lowest BCUT2D eigenvalue weighted by atomic mass is 10.1. The molecule has 0 N–H and O–H groups in total. The van der Waals surface area contributed by atoms with E-state index in [1.165, 1.54) is 0 Å². The van der Waals surface area contributed by atoms with Crippen LogP contribution in [0.15, 0.2) is 18.2 Å². The Kier molecular flexibility index (Phi) is 3.41. The summed E-state index contributed by atoms with van der Waals surface area (Å²) >= 11 is 12.1. The van der Waals surface area contributed by atoms with Crippen LogP contribution in [0.25, 0.3) is 0 Å². The minimum Gasteiger partial charge on any atom is -0.337 e. The maximum atomic E-state index is 12.1. The van der Waals surface area contributed by atoms with E-state index in [2.05, 4.69) is 0 Å². The molecule has 2 nitrogen and oxygen atoms in total. The maximum Gasteiger partial charge on any atom is 0.255 e. The second kappa shape index (κ2) is 4.64. The Morgan fingerprint density at radius 1 is 1.50 bits per heavy atom. The number of halogens is 2. The van der Waals surface area contributed by atoms with Crippen LogP contribution < -0.4 is 0 Å². The van der Waals surface area contributed by atoms with Crippen molar-refractivity contribution in [2.24, 2.45) is 0 Å². The molecule has 1 aliphatic heterocycles. The largest absolute Gasteiger partial charge is 0.337 e. The Labute approximate surface area is 105 Å². The molecule has 1 fully saturated rings. The molecule has 1 aliphatic rings. The van der Waals surface area contributed by atoms with Crippen LogP contribution in [-0.4, -0.2) is 29.3 Å². The van der Waals surface area contributed by atoms with Crippen LogP contribution in [0.2, 0.25) is 5.02 Å². The molecule has 0 aromatic heterocycles. The summed E-state index contributed by atoms with van der Waals surface area (Å²) in [5, 5.41) is 0.623. The molecule has 0 aliphatic carbocycles. The van der Waals surface area contributed by atoms with Gasteiger partial charge >= 0.3 is 0 Å². The minimum absolute atomic E-state index is 0.0168. The van der Waals surface area contributed by atoms with Crippen molar-refractivity contribution in [3.05, 3.63) is 34.3 Å². The van der Waals surface area contributed by atoms with Gasteiger partial charge in [-0.1, -0.05) is 23.7 Å². The van der Waals surface area contributed by atoms with Crippen molar-refractivity contribution >= 4 is 29.1 Å². The van der Waals surface area contributed by atoms with Gasteiger partial charge in [0.05, 0.1) is 16.0 Å². The Bertz CT molecular complexity index is 419. The highest BCUT2D eigenvalue weighted by Gasteiger charge is 2.26. The van der Waals surface area contributed by atoms with Gasteiger partial charge < -0.3 is 4.90 Å². The molecular weight excluding hydrogens is 245 g/mol. The first kappa shape index (κ1) is 11.7. The van der Waals surface area contributed by atoms with Gasteiger partial charge in [0.1, 0.15) is 0 Å². The molecule has 1 saturated heterocycles. The molecule has 1 atom stereocenters. The van der Waals surface area contributed by atoms with Gasteiger partial charge in [-0.2, -0.15) is 0 Å². The third-order valence-electron chi connectivity index (χ3n) is 2.84. The van der Waals surface area contributed by atoms with Crippen LogP contribution in [0.4, 0.5) is 0 Å². The van der Waals surface area contributed by atoms with Crippen molar-refractivity contribution in [3.8, 4) is 0 Å². The zero-order valence-electron chi connectivity index (χ0n) is 9.04. The molecule has 1 amide bonds. The molecule has 2 rings (SSSR count). The number of nitrogens with zero attached hydrogens (tertiary/aromatic N) is 1. The fraction of sp³-hybridized carbons (Fsp3) is 0.417. The van der Waals surface area contributed by atoms with Crippen molar-refractivity contribution in [2.75, 3.05) is 13.1 Å². The summed E-state index contributed by atoms with van der Waals surface area (Å²) < 4.78 is 0. The number of aryl methyl sites for hydroxylation is 1. The van der Waals surface area contributed by atoms with Crippen molar-refractivity contribution in [3.63, 3.8) is 0 Å². The summed E-state index contributed by atoms with van der Waals surface area (Å²) in [7, 11) is 0. The standard InChI is InChI=1S/C12H13Cl2NO/c1-8-3-2-4-10(11(8)14)12(16)15-6-5-9(13)7-15/h2-4,9H,5-7H2,1H3. The zero-order chi connectivity index (χ0) is 11.7. The highest BCUT2D eigenvalue weighted by Crippen LogP contribution is 2.24. The number of carbonyl (C=O) groups is 1. The van der Waals surface area contributed by atoms with Gasteiger partial charge in [0, 0.05) is 13.1 Å². The molecule has 1 aromatic carbocycles. The fourth-order valence-electron chi connectivity index (χ4n) is 1.89. The van der Waals surface area contributed by atoms with Crippen LogP contribution in [0.1, 0.15) is 22.3 Å². The number of hydrogen-bond acceptors (Lipinski definition) is 1. The van der Waals surface area contributed by atoms with Crippen molar-refractivity contribution in [1.82, 2.24) is 4.90 Å². The van der Waals surface area contributed by atoms with Crippen molar-refractivity contribution in [2.45, 2.75) is 18.7 Å². The Morgan fingerprint density at radius 2 is 2.25 bits per heavy atom. The lowest BCUT2D eigenvalue weighted by Crippen LogP contribution is -2.29. The second-order valence-corrected chi connectivity index (χ2v) is 5.07. The van der Waals surface area contributed by atoms with E-state index >= 15 is 0 Å². The van der Waals surface area contributed by atoms with E-state index in [4.69, 9.17) is 23.2 Å². The Hall–Kier alpha value is -0.730. The molecule has 1 unspecified atom stereocenters. The van der Waals surface area contributed by atoms with Gasteiger partial charge in [0.25, 0.3) is 5.91 Å². The molecule has 0 saturated carbocycles. The van der Waals surface area contributed by atoms with E-state index in [9.17, 15) is 4.79 Å². The lowest BCUT2D eigenvalue weighted by molar-refractivity contribution is 0.0793. The van der Waals surface area contributed by atoms with E-state index < -0.39 is 0 Å². The smallest absolute Gasteiger partial charge is 0.255 e. The molecule has 1 heterocycles. The lowest BCUT2D eigenvalue weighted by Gasteiger charge is -2.16. The summed E-state index contributed by atoms with van der Waals surface area (Å²) in [5.41, 5.74) is 1.50. The monoisotopic (exact) mass is 257 g/mol. The van der Waals surface area contributed by atoms with Gasteiger partial charge in [0.2, 0.25) is 0 Å². The quantitative estimate of drug-likeness (QED) is 0.709. The van der Waals surface area contributed by atoms with E-state index in [0.29, 0.717) is 17.1 Å². The first-order valence-electron chi connectivity index (χ1n) is 5.28. The normalized spacial score (nSPS) is 20.2. The third-order valence-corrected chi connectivity index (χ3v) is 3.70. The zero-order valence-corrected chi connectivity index (χ0v) is 10.6. The predicted molar refractivity (Wildman–Crippen MR) is 66.4 cm³/mol. The van der Waals surface area contributed by atoms with Crippen LogP contribution in [0, 0.1) is 6.92 Å². The van der Waals surface area contributed by atoms with Crippen LogP contribution >= 0.6 is 23.2 Å². The summed E-state index contributed by atoms with van der Waals surface area (Å²) in [4.78, 5) is 13.9. The van der Waals surface area contributed by atoms with Gasteiger partial charge in [-0.15, -0.1) is 11.6 Å². The summed E-state index contributed by atoms with van der Waals surface area (Å²) in [6.07, 6.45) is 0.858. The van der Waals surface area contributed by atoms with E-state index in [1.807, 2.05) is 19.1 Å². The Balaban J connectivity index is 2.24. The van der Waals surface area contributed by atoms with Gasteiger partial charge in [0.15, 0.2) is 0 Å². The van der Waals surface area contributed by atoms with E-state index in [-0.39, 0.29) is 11.3 Å². The van der Waals surface area contributed by atoms with Gasteiger partial charge in [-0.05, 0) is 25.0 Å². The van der Waals surface area contributed by atoms with E-state index in [0.717, 1.165) is 18.5 Å². The number of amides is 1. The van der Waals surface area contributed by atoms with Crippen molar-refractivity contribution in [1.29, 1.82) is 0 Å². The van der Waals surface area contributed by atoms with Crippen LogP contribution in [0.5, 0.6) is 0 Å². The topological polar surface area (TPSA) is 20.3 Å². The summed E-state index contributed by atoms with van der Waals surface area (Å²) in [6, 6.07) is 5.51. The fourth-order valence-corrected chi connectivity index (χ4v) is 2.36. The van der Waals surface area contributed by atoms with Gasteiger partial charge in [-0.25, -0.2) is 0 Å². The second-order valence-electron chi connectivity index (χ2n) is 4.07. The minimum atomic E-state index is -0.0168. The number of benzene rings is 1. The number of rotatable bonds is 1. The number of hydrogen-bond donors (Lipinski definition) is 0. The van der Waals surface area contributed by atoms with Crippen molar-refractivity contribution < 1.29 is 4.79 Å². The highest BCUT2D eigenvalue weighted by molar-refractivity contribution is 6.34. The average Bonchev–Trinajstić information content (AvgIpc) is 2.68. The molecule has 1 aromatic rings. The first-order valence-corrected chi connectivity index (χ1v) is 6.09. The number of carbonyl (C=O) groups excluding carboxylic acids is 1. The first-order chi connectivity index (χ1) is 7.59. The Morgan fingerprint density at radius 3 is 2.88 bits per heavy atom.